The number of carboxylic acids is 1. The van der Waals surface area contributed by atoms with Crippen LogP contribution < -0.4 is 9.46 Å². The second kappa shape index (κ2) is 5.44. The maximum Gasteiger partial charge on any atom is 0.337 e. The third kappa shape index (κ3) is 3.14. The normalized spacial score (nSPS) is 11.1. The van der Waals surface area contributed by atoms with E-state index < -0.39 is 16.0 Å². The molecule has 2 N–H and O–H groups in total. The Morgan fingerprint density at radius 1 is 1.43 bits per heavy atom. The summed E-state index contributed by atoms with van der Waals surface area (Å²) in [6.07, 6.45) is 2.48. The number of hydrogen-bond acceptors (Lipinski definition) is 5. The zero-order chi connectivity index (χ0) is 15.6. The fourth-order valence-corrected chi connectivity index (χ4v) is 2.72. The summed E-state index contributed by atoms with van der Waals surface area (Å²) < 4.78 is 32.8. The van der Waals surface area contributed by atoms with Crippen molar-refractivity contribution in [3.8, 4) is 5.75 Å². The fraction of sp³-hybridized carbons (Fsp3) is 0.167. The van der Waals surface area contributed by atoms with E-state index in [9.17, 15) is 13.2 Å². The van der Waals surface area contributed by atoms with E-state index in [2.05, 4.69) is 9.82 Å². The van der Waals surface area contributed by atoms with Crippen LogP contribution in [0.2, 0.25) is 0 Å². The number of carbonyl (C=O) groups is 1. The minimum Gasteiger partial charge on any atom is -0.497 e. The third-order valence-electron chi connectivity index (χ3n) is 2.69. The Balaban J connectivity index is 2.41. The molecule has 1 aromatic heterocycles. The molecule has 9 heteroatoms. The van der Waals surface area contributed by atoms with Crippen molar-refractivity contribution >= 4 is 21.7 Å². The summed E-state index contributed by atoms with van der Waals surface area (Å²) in [5, 5.41) is 12.9. The molecule has 1 heterocycles. The first-order valence-corrected chi connectivity index (χ1v) is 7.24. The van der Waals surface area contributed by atoms with Crippen LogP contribution in [0.15, 0.2) is 35.5 Å². The van der Waals surface area contributed by atoms with Crippen LogP contribution in [0.1, 0.15) is 10.4 Å². The molecule has 2 aromatic rings. The van der Waals surface area contributed by atoms with Crippen LogP contribution in [0.3, 0.4) is 0 Å². The number of aromatic nitrogens is 2. The Morgan fingerprint density at radius 3 is 2.67 bits per heavy atom. The smallest absolute Gasteiger partial charge is 0.337 e. The Bertz CT molecular complexity index is 782. The highest BCUT2D eigenvalue weighted by Gasteiger charge is 2.20. The molecule has 0 bridgehead atoms. The van der Waals surface area contributed by atoms with Gasteiger partial charge >= 0.3 is 5.97 Å². The van der Waals surface area contributed by atoms with Crippen molar-refractivity contribution in [3.05, 3.63) is 36.2 Å². The van der Waals surface area contributed by atoms with E-state index in [1.165, 1.54) is 42.4 Å². The molecule has 1 aromatic carbocycles. The first-order valence-electron chi connectivity index (χ1n) is 5.76. The first-order chi connectivity index (χ1) is 9.83. The number of aromatic carboxylic acids is 1. The Labute approximate surface area is 121 Å². The molecular weight excluding hydrogens is 298 g/mol. The zero-order valence-corrected chi connectivity index (χ0v) is 12.1. The monoisotopic (exact) mass is 311 g/mol. The van der Waals surface area contributed by atoms with E-state index in [1.54, 1.807) is 7.05 Å². The van der Waals surface area contributed by atoms with Crippen molar-refractivity contribution in [1.29, 1.82) is 0 Å². The van der Waals surface area contributed by atoms with Crippen LogP contribution in [-0.4, -0.2) is 36.4 Å². The molecule has 0 fully saturated rings. The van der Waals surface area contributed by atoms with Crippen LogP contribution >= 0.6 is 0 Å². The third-order valence-corrected chi connectivity index (χ3v) is 4.01. The lowest BCUT2D eigenvalue weighted by Crippen LogP contribution is -2.15. The lowest BCUT2D eigenvalue weighted by molar-refractivity contribution is 0.0697. The summed E-state index contributed by atoms with van der Waals surface area (Å²) in [5.41, 5.74) is -0.256. The van der Waals surface area contributed by atoms with Crippen molar-refractivity contribution in [2.24, 2.45) is 7.05 Å². The van der Waals surface area contributed by atoms with Gasteiger partial charge in [-0.1, -0.05) is 0 Å². The van der Waals surface area contributed by atoms with Gasteiger partial charge in [-0.05, 0) is 18.2 Å². The molecule has 0 aliphatic rings. The predicted molar refractivity (Wildman–Crippen MR) is 74.0 cm³/mol. The molecular formula is C12H13N3O5S. The van der Waals surface area contributed by atoms with E-state index >= 15 is 0 Å². The fourth-order valence-electron chi connectivity index (χ4n) is 1.66. The lowest BCUT2D eigenvalue weighted by atomic mass is 10.2. The number of nitrogens with one attached hydrogen (secondary N) is 1. The number of benzene rings is 1. The minimum atomic E-state index is -3.91. The standard InChI is InChI=1S/C12H13N3O5S/c1-15-7-9(6-13-15)21(18,19)14-11-4-3-8(20-2)5-10(11)12(16)17/h3-7,14H,1-2H3,(H,16,17). The van der Waals surface area contributed by atoms with Gasteiger partial charge in [0.1, 0.15) is 10.6 Å². The van der Waals surface area contributed by atoms with Crippen LogP contribution in [0.4, 0.5) is 5.69 Å². The van der Waals surface area contributed by atoms with Gasteiger partial charge in [0, 0.05) is 13.2 Å². The number of hydrogen-bond donors (Lipinski definition) is 2. The van der Waals surface area contributed by atoms with E-state index in [1.807, 2.05) is 0 Å². The van der Waals surface area contributed by atoms with Crippen molar-refractivity contribution in [1.82, 2.24) is 9.78 Å². The highest BCUT2D eigenvalue weighted by molar-refractivity contribution is 7.92. The van der Waals surface area contributed by atoms with Gasteiger partial charge < -0.3 is 9.84 Å². The molecule has 8 nitrogen and oxygen atoms in total. The largest absolute Gasteiger partial charge is 0.497 e. The second-order valence-corrected chi connectivity index (χ2v) is 5.85. The molecule has 0 aliphatic heterocycles. The number of nitrogens with zero attached hydrogens (tertiary/aromatic N) is 2. The molecule has 0 aliphatic carbocycles. The number of ether oxygens (including phenoxy) is 1. The summed E-state index contributed by atoms with van der Waals surface area (Å²) >= 11 is 0. The second-order valence-electron chi connectivity index (χ2n) is 4.17. The minimum absolute atomic E-state index is 0.0489. The van der Waals surface area contributed by atoms with E-state index in [4.69, 9.17) is 9.84 Å². The van der Waals surface area contributed by atoms with Crippen LogP contribution in [0, 0.1) is 0 Å². The van der Waals surface area contributed by atoms with Gasteiger partial charge in [0.05, 0.1) is 24.6 Å². The molecule has 0 spiro atoms. The molecule has 0 radical (unpaired) electrons. The Hall–Kier alpha value is -2.55. The summed E-state index contributed by atoms with van der Waals surface area (Å²) in [5.74, 6) is -0.950. The number of methoxy groups -OCH3 is 1. The average Bonchev–Trinajstić information content (AvgIpc) is 2.86. The highest BCUT2D eigenvalue weighted by atomic mass is 32.2. The molecule has 0 saturated heterocycles. The van der Waals surface area contributed by atoms with Gasteiger partial charge in [-0.3, -0.25) is 9.40 Å². The summed E-state index contributed by atoms with van der Waals surface area (Å²) in [7, 11) is -0.938. The predicted octanol–water partition coefficient (Wildman–Crippen LogP) is 0.928. The molecule has 0 saturated carbocycles. The molecule has 21 heavy (non-hydrogen) atoms. The molecule has 112 valence electrons. The van der Waals surface area contributed by atoms with Crippen molar-refractivity contribution in [2.45, 2.75) is 4.90 Å². The highest BCUT2D eigenvalue weighted by Crippen LogP contribution is 2.24. The number of rotatable bonds is 5. The Morgan fingerprint density at radius 2 is 2.14 bits per heavy atom. The number of anilines is 1. The van der Waals surface area contributed by atoms with Crippen molar-refractivity contribution < 1.29 is 23.1 Å². The van der Waals surface area contributed by atoms with E-state index in [-0.39, 0.29) is 16.1 Å². The molecule has 0 amide bonds. The van der Waals surface area contributed by atoms with E-state index in [0.717, 1.165) is 0 Å². The van der Waals surface area contributed by atoms with Gasteiger partial charge in [0.15, 0.2) is 0 Å². The quantitative estimate of drug-likeness (QED) is 0.849. The van der Waals surface area contributed by atoms with Gasteiger partial charge in [0.25, 0.3) is 10.0 Å². The van der Waals surface area contributed by atoms with Crippen molar-refractivity contribution in [2.75, 3.05) is 11.8 Å². The van der Waals surface area contributed by atoms with Gasteiger partial charge in [-0.2, -0.15) is 5.10 Å². The molecule has 2 rings (SSSR count). The molecule has 0 unspecified atom stereocenters. The Kier molecular flexibility index (Phi) is 3.85. The van der Waals surface area contributed by atoms with Gasteiger partial charge in [-0.25, -0.2) is 13.2 Å². The molecule has 0 atom stereocenters. The van der Waals surface area contributed by atoms with Crippen LogP contribution in [0.25, 0.3) is 0 Å². The zero-order valence-electron chi connectivity index (χ0n) is 11.3. The number of aryl methyl sites for hydroxylation is 1. The van der Waals surface area contributed by atoms with Crippen LogP contribution in [-0.2, 0) is 17.1 Å². The lowest BCUT2D eigenvalue weighted by Gasteiger charge is -2.10. The maximum absolute atomic E-state index is 12.2. The number of carboxylic acid groups (broad SMARTS) is 1. The average molecular weight is 311 g/mol. The van der Waals surface area contributed by atoms with Crippen molar-refractivity contribution in [3.63, 3.8) is 0 Å². The topological polar surface area (TPSA) is 111 Å². The van der Waals surface area contributed by atoms with E-state index in [0.29, 0.717) is 5.75 Å². The van der Waals surface area contributed by atoms with Gasteiger partial charge in [-0.15, -0.1) is 0 Å². The SMILES string of the molecule is COc1ccc(NS(=O)(=O)c2cnn(C)c2)c(C(=O)O)c1. The maximum atomic E-state index is 12.2. The summed E-state index contributed by atoms with van der Waals surface area (Å²) in [6.45, 7) is 0. The summed E-state index contributed by atoms with van der Waals surface area (Å²) in [6, 6.07) is 4.03. The first kappa shape index (κ1) is 14.9. The summed E-state index contributed by atoms with van der Waals surface area (Å²) in [4.78, 5) is 11.2. The number of sulfonamides is 1. The van der Waals surface area contributed by atoms with Crippen LogP contribution in [0.5, 0.6) is 5.75 Å². The van der Waals surface area contributed by atoms with Gasteiger partial charge in [0.2, 0.25) is 0 Å².